The van der Waals surface area contributed by atoms with Crippen molar-refractivity contribution in [1.29, 1.82) is 0 Å². The number of nitrogens with one attached hydrogen (secondary N) is 1. The van der Waals surface area contributed by atoms with E-state index in [0.717, 1.165) is 12.6 Å². The van der Waals surface area contributed by atoms with Crippen LogP contribution in [0.1, 0.15) is 10.4 Å². The molecule has 1 N–H and O–H groups in total. The van der Waals surface area contributed by atoms with Gasteiger partial charge in [0.1, 0.15) is 0 Å². The first-order valence-corrected chi connectivity index (χ1v) is 8.98. The van der Waals surface area contributed by atoms with Crippen LogP contribution in [0.4, 0.5) is 0 Å². The van der Waals surface area contributed by atoms with Crippen LogP contribution in [0.5, 0.6) is 0 Å². The molecule has 0 atom stereocenters. The zero-order valence-electron chi connectivity index (χ0n) is 11.3. The molecule has 116 valence electrons. The summed E-state index contributed by atoms with van der Waals surface area (Å²) >= 11 is 16.7. The average molecular weight is 522 g/mol. The lowest BCUT2D eigenvalue weighted by Crippen LogP contribution is -2.29. The molecule has 8 heteroatoms. The molecule has 3 rings (SSSR count). The summed E-state index contributed by atoms with van der Waals surface area (Å²) in [6.45, 7) is 0. The number of carbonyl (C=O) groups is 1. The van der Waals surface area contributed by atoms with Crippen LogP contribution >= 0.6 is 62.3 Å². The van der Waals surface area contributed by atoms with Gasteiger partial charge in [0, 0.05) is 8.04 Å². The molecular formula is C15H7BrClIN2O2S. The number of hydrogen-bond acceptors (Lipinski definition) is 3. The van der Waals surface area contributed by atoms with E-state index in [1.807, 2.05) is 0 Å². The molecule has 0 saturated carbocycles. The van der Waals surface area contributed by atoms with E-state index in [1.165, 1.54) is 0 Å². The van der Waals surface area contributed by atoms with E-state index in [9.17, 15) is 9.59 Å². The number of rotatable bonds is 1. The molecule has 1 heterocycles. The first-order chi connectivity index (χ1) is 10.9. The minimum absolute atomic E-state index is 0.0322. The topological polar surface area (TPSA) is 54.9 Å². The zero-order valence-corrected chi connectivity index (χ0v) is 16.6. The fourth-order valence-electron chi connectivity index (χ4n) is 2.15. The molecule has 2 aromatic carbocycles. The van der Waals surface area contributed by atoms with Crippen molar-refractivity contribution in [3.05, 3.63) is 70.2 Å². The molecule has 1 aromatic heterocycles. The van der Waals surface area contributed by atoms with Gasteiger partial charge in [0.05, 0.1) is 21.5 Å². The number of carbonyl (C=O) groups excluding carboxylic acids is 1. The van der Waals surface area contributed by atoms with Crippen molar-refractivity contribution in [3.8, 4) is 0 Å². The first kappa shape index (κ1) is 16.8. The maximum atomic E-state index is 12.8. The molecule has 0 aliphatic heterocycles. The van der Waals surface area contributed by atoms with Crippen molar-refractivity contribution in [2.24, 2.45) is 0 Å². The number of hydrogen-bond donors (Lipinski definition) is 1. The van der Waals surface area contributed by atoms with Crippen LogP contribution < -0.4 is 5.56 Å². The molecule has 23 heavy (non-hydrogen) atoms. The molecule has 0 spiro atoms. The summed E-state index contributed by atoms with van der Waals surface area (Å²) in [6.07, 6.45) is 0. The number of halogens is 3. The van der Waals surface area contributed by atoms with Crippen LogP contribution in [-0.2, 0) is 0 Å². The number of aromatic nitrogens is 2. The molecule has 4 nitrogen and oxygen atoms in total. The lowest BCUT2D eigenvalue weighted by molar-refractivity contribution is 0.0953. The molecule has 0 aliphatic rings. The Morgan fingerprint density at radius 1 is 1.26 bits per heavy atom. The summed E-state index contributed by atoms with van der Waals surface area (Å²) in [4.78, 5) is 28.4. The quantitative estimate of drug-likeness (QED) is 0.371. The van der Waals surface area contributed by atoms with Gasteiger partial charge < -0.3 is 4.98 Å². The van der Waals surface area contributed by atoms with E-state index in [1.54, 1.807) is 36.4 Å². The molecule has 0 amide bonds. The monoisotopic (exact) mass is 520 g/mol. The normalized spacial score (nSPS) is 10.9. The highest BCUT2D eigenvalue weighted by Gasteiger charge is 2.18. The van der Waals surface area contributed by atoms with Crippen molar-refractivity contribution in [1.82, 2.24) is 9.55 Å². The molecule has 0 radical (unpaired) electrons. The van der Waals surface area contributed by atoms with Crippen LogP contribution in [0.2, 0.25) is 5.02 Å². The largest absolute Gasteiger partial charge is 0.331 e. The second-order valence-electron chi connectivity index (χ2n) is 4.69. The standard InChI is InChI=1S/C15H7BrClIN2O2S/c16-7-1-4-12-10(5-7)14(22)20(15(23)19-12)13(21)9-6-8(18)2-3-11(9)17/h1-6H,(H,19,23). The molecule has 0 bridgehead atoms. The number of nitrogens with zero attached hydrogens (tertiary/aromatic N) is 1. The van der Waals surface area contributed by atoms with Gasteiger partial charge in [0.25, 0.3) is 11.5 Å². The number of fused-ring (bicyclic) bond motifs is 1. The van der Waals surface area contributed by atoms with E-state index in [2.05, 4.69) is 43.5 Å². The predicted molar refractivity (Wildman–Crippen MR) is 105 cm³/mol. The van der Waals surface area contributed by atoms with Gasteiger partial charge in [-0.1, -0.05) is 27.5 Å². The van der Waals surface area contributed by atoms with Gasteiger partial charge in [0.2, 0.25) is 0 Å². The lowest BCUT2D eigenvalue weighted by atomic mass is 10.2. The van der Waals surface area contributed by atoms with Gasteiger partial charge in [-0.05, 0) is 71.2 Å². The second kappa shape index (κ2) is 6.46. The maximum absolute atomic E-state index is 12.8. The van der Waals surface area contributed by atoms with Gasteiger partial charge in [-0.15, -0.1) is 0 Å². The van der Waals surface area contributed by atoms with E-state index >= 15 is 0 Å². The molecule has 3 aromatic rings. The lowest BCUT2D eigenvalue weighted by Gasteiger charge is -2.09. The van der Waals surface area contributed by atoms with Gasteiger partial charge in [-0.3, -0.25) is 9.59 Å². The van der Waals surface area contributed by atoms with Gasteiger partial charge in [0.15, 0.2) is 4.77 Å². The van der Waals surface area contributed by atoms with E-state index in [4.69, 9.17) is 23.8 Å². The van der Waals surface area contributed by atoms with Crippen molar-refractivity contribution in [2.75, 3.05) is 0 Å². The number of aromatic amines is 1. The molecule has 0 fully saturated rings. The summed E-state index contributed by atoms with van der Waals surface area (Å²) < 4.78 is 2.53. The predicted octanol–water partition coefficient (Wildman–Crippen LogP) is 4.77. The maximum Gasteiger partial charge on any atom is 0.269 e. The third-order valence-electron chi connectivity index (χ3n) is 3.22. The Morgan fingerprint density at radius 3 is 2.74 bits per heavy atom. The minimum Gasteiger partial charge on any atom is -0.331 e. The Hall–Kier alpha value is -1.03. The Bertz CT molecular complexity index is 1080. The van der Waals surface area contributed by atoms with E-state index in [-0.39, 0.29) is 15.4 Å². The van der Waals surface area contributed by atoms with Gasteiger partial charge >= 0.3 is 0 Å². The Morgan fingerprint density at radius 2 is 2.00 bits per heavy atom. The van der Waals surface area contributed by atoms with Crippen LogP contribution in [0.25, 0.3) is 10.9 Å². The smallest absolute Gasteiger partial charge is 0.269 e. The summed E-state index contributed by atoms with van der Waals surface area (Å²) in [7, 11) is 0. The number of benzene rings is 2. The van der Waals surface area contributed by atoms with Crippen LogP contribution in [0.15, 0.2) is 45.7 Å². The third kappa shape index (κ3) is 3.15. The number of H-pyrrole nitrogens is 1. The summed E-state index contributed by atoms with van der Waals surface area (Å²) in [5.41, 5.74) is 0.320. The van der Waals surface area contributed by atoms with Crippen molar-refractivity contribution in [2.45, 2.75) is 0 Å². The van der Waals surface area contributed by atoms with Crippen LogP contribution in [0.3, 0.4) is 0 Å². The second-order valence-corrected chi connectivity index (χ2v) is 7.65. The van der Waals surface area contributed by atoms with Crippen molar-refractivity contribution < 1.29 is 4.79 Å². The Kier molecular flexibility index (Phi) is 4.73. The summed E-state index contributed by atoms with van der Waals surface area (Å²) in [6, 6.07) is 10.2. The summed E-state index contributed by atoms with van der Waals surface area (Å²) in [5, 5.41) is 0.633. The highest BCUT2D eigenvalue weighted by molar-refractivity contribution is 14.1. The van der Waals surface area contributed by atoms with Crippen LogP contribution in [-0.4, -0.2) is 15.5 Å². The van der Waals surface area contributed by atoms with E-state index in [0.29, 0.717) is 10.9 Å². The van der Waals surface area contributed by atoms with Crippen LogP contribution in [0, 0.1) is 8.34 Å². The Labute approximate surface area is 162 Å². The molecule has 0 unspecified atom stereocenters. The third-order valence-corrected chi connectivity index (χ3v) is 5.00. The average Bonchev–Trinajstić information content (AvgIpc) is 2.50. The van der Waals surface area contributed by atoms with Crippen molar-refractivity contribution in [3.63, 3.8) is 0 Å². The molecular weight excluding hydrogens is 515 g/mol. The molecule has 0 saturated heterocycles. The summed E-state index contributed by atoms with van der Waals surface area (Å²) in [5.74, 6) is -0.554. The highest BCUT2D eigenvalue weighted by Crippen LogP contribution is 2.20. The van der Waals surface area contributed by atoms with E-state index < -0.39 is 11.5 Å². The molecule has 0 aliphatic carbocycles. The SMILES string of the molecule is O=C(c1cc(I)ccc1Cl)n1c(=S)[nH]c2ccc(Br)cc2c1=O. The first-order valence-electron chi connectivity index (χ1n) is 6.33. The van der Waals surface area contributed by atoms with Gasteiger partial charge in [-0.2, -0.15) is 0 Å². The van der Waals surface area contributed by atoms with Crippen molar-refractivity contribution >= 4 is 79.1 Å². The van der Waals surface area contributed by atoms with Gasteiger partial charge in [-0.25, -0.2) is 4.57 Å². The highest BCUT2D eigenvalue weighted by atomic mass is 127. The minimum atomic E-state index is -0.554. The Balaban J connectivity index is 2.32. The fraction of sp³-hybridized carbons (Fsp3) is 0. The zero-order chi connectivity index (χ0) is 16.7. The fourth-order valence-corrected chi connectivity index (χ4v) is 3.48.